The highest BCUT2D eigenvalue weighted by Crippen LogP contribution is 2.29. The smallest absolute Gasteiger partial charge is 0.193 e. The van der Waals surface area contributed by atoms with Crippen molar-refractivity contribution in [2.75, 3.05) is 46.5 Å². The van der Waals surface area contributed by atoms with Crippen LogP contribution < -0.4 is 5.32 Å². The van der Waals surface area contributed by atoms with E-state index in [1.54, 1.807) is 0 Å². The van der Waals surface area contributed by atoms with Gasteiger partial charge in [0.1, 0.15) is 0 Å². The second kappa shape index (κ2) is 10.3. The first-order chi connectivity index (χ1) is 12.3. The molecule has 0 atom stereocenters. The maximum Gasteiger partial charge on any atom is 0.193 e. The van der Waals surface area contributed by atoms with Gasteiger partial charge in [-0.15, -0.1) is 24.0 Å². The number of hydrogen-bond acceptors (Lipinski definition) is 3. The van der Waals surface area contributed by atoms with E-state index < -0.39 is 0 Å². The molecule has 0 radical (unpaired) electrons. The summed E-state index contributed by atoms with van der Waals surface area (Å²) in [5.41, 5.74) is 2.63. The first kappa shape index (κ1) is 21.2. The van der Waals surface area contributed by atoms with Crippen LogP contribution in [0.5, 0.6) is 0 Å². The van der Waals surface area contributed by atoms with E-state index in [0.29, 0.717) is 0 Å². The third-order valence-corrected chi connectivity index (χ3v) is 5.38. The summed E-state index contributed by atoms with van der Waals surface area (Å²) < 4.78 is 5.44. The Kier molecular flexibility index (Phi) is 8.37. The highest BCUT2D eigenvalue weighted by molar-refractivity contribution is 14.0. The van der Waals surface area contributed by atoms with Gasteiger partial charge in [-0.3, -0.25) is 4.99 Å². The first-order valence-electron chi connectivity index (χ1n) is 9.15. The molecule has 0 amide bonds. The average Bonchev–Trinajstić information content (AvgIpc) is 2.70. The summed E-state index contributed by atoms with van der Waals surface area (Å²) in [5, 5.41) is 13.3. The van der Waals surface area contributed by atoms with Gasteiger partial charge in [0.15, 0.2) is 5.96 Å². The van der Waals surface area contributed by atoms with E-state index in [1.165, 1.54) is 11.1 Å². The summed E-state index contributed by atoms with van der Waals surface area (Å²) in [6, 6.07) is 10.6. The van der Waals surface area contributed by atoms with Crippen molar-refractivity contribution in [2.24, 2.45) is 10.4 Å². The molecule has 2 N–H and O–H groups in total. The van der Waals surface area contributed by atoms with Crippen molar-refractivity contribution >= 4 is 35.5 Å². The predicted molar refractivity (Wildman–Crippen MR) is 117 cm³/mol. The van der Waals surface area contributed by atoms with Crippen LogP contribution in [0.15, 0.2) is 41.4 Å². The second-order valence-corrected chi connectivity index (χ2v) is 6.96. The zero-order valence-electron chi connectivity index (χ0n) is 15.5. The van der Waals surface area contributed by atoms with Crippen LogP contribution in [0.1, 0.15) is 24.8 Å². The predicted octanol–water partition coefficient (Wildman–Crippen LogP) is 2.76. The van der Waals surface area contributed by atoms with E-state index in [2.05, 4.69) is 51.6 Å². The molecule has 144 valence electrons. The third kappa shape index (κ3) is 5.20. The zero-order valence-corrected chi connectivity index (χ0v) is 17.8. The van der Waals surface area contributed by atoms with E-state index in [-0.39, 0.29) is 36.0 Å². The minimum absolute atomic E-state index is 0. The molecule has 1 fully saturated rings. The van der Waals surface area contributed by atoms with Crippen LogP contribution in [-0.2, 0) is 4.74 Å². The molecule has 6 heteroatoms. The maximum atomic E-state index is 9.84. The normalized spacial score (nSPS) is 20.2. The lowest BCUT2D eigenvalue weighted by atomic mass is 9.81. The van der Waals surface area contributed by atoms with E-state index in [4.69, 9.17) is 4.74 Å². The van der Waals surface area contributed by atoms with Crippen molar-refractivity contribution in [1.29, 1.82) is 0 Å². The van der Waals surface area contributed by atoms with Gasteiger partial charge >= 0.3 is 0 Å². The van der Waals surface area contributed by atoms with Gasteiger partial charge in [0, 0.05) is 45.3 Å². The molecule has 2 aliphatic heterocycles. The molecule has 0 unspecified atom stereocenters. The molecule has 1 saturated heterocycles. The Balaban J connectivity index is 0.00000243. The molecule has 2 heterocycles. The van der Waals surface area contributed by atoms with Gasteiger partial charge in [0.2, 0.25) is 0 Å². The molecule has 2 aliphatic rings. The Morgan fingerprint density at radius 2 is 2.00 bits per heavy atom. The SMILES string of the molecule is CN=C(NCC1(CO)CCOCC1)N1CC=C(c2ccccc2)CC1.I. The van der Waals surface area contributed by atoms with Gasteiger partial charge < -0.3 is 20.1 Å². The highest BCUT2D eigenvalue weighted by atomic mass is 127. The number of nitrogens with zero attached hydrogens (tertiary/aromatic N) is 2. The van der Waals surface area contributed by atoms with E-state index >= 15 is 0 Å². The number of ether oxygens (including phenoxy) is 1. The van der Waals surface area contributed by atoms with E-state index in [1.807, 2.05) is 7.05 Å². The van der Waals surface area contributed by atoms with Crippen molar-refractivity contribution < 1.29 is 9.84 Å². The second-order valence-electron chi connectivity index (χ2n) is 6.96. The van der Waals surface area contributed by atoms with Crippen molar-refractivity contribution in [2.45, 2.75) is 19.3 Å². The number of benzene rings is 1. The maximum absolute atomic E-state index is 9.84. The lowest BCUT2D eigenvalue weighted by molar-refractivity contribution is -0.0134. The summed E-state index contributed by atoms with van der Waals surface area (Å²) in [6.07, 6.45) is 5.10. The number of guanidine groups is 1. The van der Waals surface area contributed by atoms with Crippen LogP contribution in [0.4, 0.5) is 0 Å². The van der Waals surface area contributed by atoms with Crippen molar-refractivity contribution in [1.82, 2.24) is 10.2 Å². The Bertz CT molecular complexity index is 613. The number of aliphatic hydroxyl groups excluding tert-OH is 1. The third-order valence-electron chi connectivity index (χ3n) is 5.38. The summed E-state index contributed by atoms with van der Waals surface area (Å²) in [5.74, 6) is 0.919. The molecule has 0 saturated carbocycles. The Morgan fingerprint density at radius 1 is 1.27 bits per heavy atom. The Hall–Kier alpha value is -1.12. The van der Waals surface area contributed by atoms with Gasteiger partial charge in [-0.25, -0.2) is 0 Å². The molecular weight excluding hydrogens is 441 g/mol. The lowest BCUT2D eigenvalue weighted by Crippen LogP contribution is -2.49. The van der Waals surface area contributed by atoms with Crippen molar-refractivity contribution in [3.63, 3.8) is 0 Å². The molecule has 26 heavy (non-hydrogen) atoms. The van der Waals surface area contributed by atoms with Gasteiger partial charge in [-0.1, -0.05) is 36.4 Å². The minimum atomic E-state index is -0.0883. The first-order valence-corrected chi connectivity index (χ1v) is 9.15. The van der Waals surface area contributed by atoms with E-state index in [9.17, 15) is 5.11 Å². The van der Waals surface area contributed by atoms with Gasteiger partial charge in [-0.2, -0.15) is 0 Å². The van der Waals surface area contributed by atoms with Crippen LogP contribution in [-0.4, -0.2) is 62.5 Å². The van der Waals surface area contributed by atoms with Crippen LogP contribution >= 0.6 is 24.0 Å². The molecule has 0 spiro atoms. The fourth-order valence-electron chi connectivity index (χ4n) is 3.57. The van der Waals surface area contributed by atoms with Gasteiger partial charge in [-0.05, 0) is 30.4 Å². The van der Waals surface area contributed by atoms with Crippen LogP contribution in [0.2, 0.25) is 0 Å². The highest BCUT2D eigenvalue weighted by Gasteiger charge is 2.32. The standard InChI is InChI=1S/C20H29N3O2.HI/c1-21-19(22-15-20(16-24)9-13-25-14-10-20)23-11-7-18(8-12-23)17-5-3-2-4-6-17;/h2-7,24H,8-16H2,1H3,(H,21,22);1H. The average molecular weight is 471 g/mol. The van der Waals surface area contributed by atoms with E-state index in [0.717, 1.165) is 58.1 Å². The molecule has 0 aromatic heterocycles. The molecule has 3 rings (SSSR count). The summed E-state index contributed by atoms with van der Waals surface area (Å²) >= 11 is 0. The number of rotatable bonds is 4. The number of hydrogen-bond donors (Lipinski definition) is 2. The zero-order chi connectivity index (χ0) is 17.5. The summed E-state index contributed by atoms with van der Waals surface area (Å²) in [7, 11) is 1.83. The van der Waals surface area contributed by atoms with Crippen LogP contribution in [0.25, 0.3) is 5.57 Å². The minimum Gasteiger partial charge on any atom is -0.396 e. The number of halogens is 1. The van der Waals surface area contributed by atoms with Gasteiger partial charge in [0.25, 0.3) is 0 Å². The largest absolute Gasteiger partial charge is 0.396 e. The van der Waals surface area contributed by atoms with Crippen molar-refractivity contribution in [3.05, 3.63) is 42.0 Å². The Labute approximate surface area is 173 Å². The molecule has 5 nitrogen and oxygen atoms in total. The Morgan fingerprint density at radius 3 is 2.58 bits per heavy atom. The molecule has 0 aliphatic carbocycles. The monoisotopic (exact) mass is 471 g/mol. The lowest BCUT2D eigenvalue weighted by Gasteiger charge is -2.37. The molecule has 1 aromatic carbocycles. The van der Waals surface area contributed by atoms with Crippen LogP contribution in [0.3, 0.4) is 0 Å². The van der Waals surface area contributed by atoms with Gasteiger partial charge in [0.05, 0.1) is 6.61 Å². The molecular formula is C20H30IN3O2. The fraction of sp³-hybridized carbons (Fsp3) is 0.550. The van der Waals surface area contributed by atoms with Crippen LogP contribution in [0, 0.1) is 5.41 Å². The van der Waals surface area contributed by atoms with Crippen molar-refractivity contribution in [3.8, 4) is 0 Å². The number of aliphatic hydroxyl groups is 1. The number of nitrogens with one attached hydrogen (secondary N) is 1. The fourth-order valence-corrected chi connectivity index (χ4v) is 3.57. The summed E-state index contributed by atoms with van der Waals surface area (Å²) in [6.45, 7) is 4.21. The number of aliphatic imine (C=N–C) groups is 1. The topological polar surface area (TPSA) is 57.1 Å². The quantitative estimate of drug-likeness (QED) is 0.403. The summed E-state index contributed by atoms with van der Waals surface area (Å²) in [4.78, 5) is 6.72. The molecule has 1 aromatic rings. The molecule has 0 bridgehead atoms.